The first-order chi connectivity index (χ1) is 15.4. The van der Waals surface area contributed by atoms with Gasteiger partial charge in [0.1, 0.15) is 0 Å². The summed E-state index contributed by atoms with van der Waals surface area (Å²) in [5.74, 6) is 1.05. The van der Waals surface area contributed by atoms with Crippen molar-refractivity contribution in [3.63, 3.8) is 0 Å². The molecule has 7 heteroatoms. The molecular weight excluding hydrogens is 404 g/mol. The molecule has 2 N–H and O–H groups in total. The molecule has 0 atom stereocenters. The van der Waals surface area contributed by atoms with E-state index in [1.165, 1.54) is 5.69 Å². The Bertz CT molecular complexity index is 983. The van der Waals surface area contributed by atoms with E-state index in [9.17, 15) is 4.79 Å². The third kappa shape index (κ3) is 5.16. The van der Waals surface area contributed by atoms with Crippen LogP contribution in [0, 0.1) is 0 Å². The lowest BCUT2D eigenvalue weighted by molar-refractivity contribution is -0.110. The molecule has 2 aromatic rings. The standard InChI is InChI=1S/C25H34N4O3/c1-7-20(24-19-15-22(31-5)23(32-6)16-21(19)27-25(24)30)26-17-9-11-18(12-10-17)29(4)14-8-13-28(2)3/h9-12,15-16,26H,7-8,13-14H2,1-6H3,(H,27,30)/b24-20-. The molecule has 0 aliphatic carbocycles. The minimum absolute atomic E-state index is 0.128. The number of methoxy groups -OCH3 is 2. The number of benzene rings is 2. The molecule has 1 amide bonds. The molecule has 0 spiro atoms. The Balaban J connectivity index is 1.82. The van der Waals surface area contributed by atoms with Gasteiger partial charge >= 0.3 is 0 Å². The predicted molar refractivity (Wildman–Crippen MR) is 132 cm³/mol. The Labute approximate surface area is 191 Å². The van der Waals surface area contributed by atoms with Gasteiger partial charge in [0.2, 0.25) is 0 Å². The minimum Gasteiger partial charge on any atom is -0.493 e. The lowest BCUT2D eigenvalue weighted by atomic mass is 10.0. The van der Waals surface area contributed by atoms with Gasteiger partial charge in [-0.05, 0) is 63.8 Å². The number of carbonyl (C=O) groups excluding carboxylic acids is 1. The van der Waals surface area contributed by atoms with Crippen molar-refractivity contribution in [2.45, 2.75) is 19.8 Å². The number of nitrogens with one attached hydrogen (secondary N) is 2. The maximum Gasteiger partial charge on any atom is 0.258 e. The zero-order valence-electron chi connectivity index (χ0n) is 19.9. The molecule has 0 unspecified atom stereocenters. The average Bonchev–Trinajstić information content (AvgIpc) is 3.10. The maximum absolute atomic E-state index is 12.8. The molecule has 0 bridgehead atoms. The van der Waals surface area contributed by atoms with Gasteiger partial charge in [-0.1, -0.05) is 6.92 Å². The van der Waals surface area contributed by atoms with E-state index in [-0.39, 0.29) is 5.91 Å². The highest BCUT2D eigenvalue weighted by molar-refractivity contribution is 6.32. The quantitative estimate of drug-likeness (QED) is 0.540. The van der Waals surface area contributed by atoms with Gasteiger partial charge in [-0.25, -0.2) is 0 Å². The van der Waals surface area contributed by atoms with Gasteiger partial charge in [0, 0.05) is 42.3 Å². The monoisotopic (exact) mass is 438 g/mol. The van der Waals surface area contributed by atoms with Crippen LogP contribution in [-0.4, -0.2) is 59.3 Å². The zero-order chi connectivity index (χ0) is 23.3. The number of hydrogen-bond acceptors (Lipinski definition) is 6. The number of allylic oxidation sites excluding steroid dienone is 1. The predicted octanol–water partition coefficient (Wildman–Crippen LogP) is 4.28. The smallest absolute Gasteiger partial charge is 0.258 e. The fourth-order valence-corrected chi connectivity index (χ4v) is 3.85. The van der Waals surface area contributed by atoms with Crippen LogP contribution in [0.5, 0.6) is 11.5 Å². The van der Waals surface area contributed by atoms with Gasteiger partial charge in [0.15, 0.2) is 11.5 Å². The second kappa shape index (κ2) is 10.4. The lowest BCUT2D eigenvalue weighted by Gasteiger charge is -2.21. The third-order valence-corrected chi connectivity index (χ3v) is 5.63. The topological polar surface area (TPSA) is 66.1 Å². The first kappa shape index (κ1) is 23.5. The van der Waals surface area contributed by atoms with E-state index in [1.807, 2.05) is 13.0 Å². The molecular formula is C25H34N4O3. The van der Waals surface area contributed by atoms with Crippen molar-refractivity contribution in [3.8, 4) is 11.5 Å². The fraction of sp³-hybridized carbons (Fsp3) is 0.400. The summed E-state index contributed by atoms with van der Waals surface area (Å²) in [6.07, 6.45) is 1.79. The highest BCUT2D eigenvalue weighted by Crippen LogP contribution is 2.42. The van der Waals surface area contributed by atoms with Crippen molar-refractivity contribution < 1.29 is 14.3 Å². The van der Waals surface area contributed by atoms with Gasteiger partial charge in [0.05, 0.1) is 25.5 Å². The third-order valence-electron chi connectivity index (χ3n) is 5.63. The molecule has 0 aromatic heterocycles. The van der Waals surface area contributed by atoms with Crippen molar-refractivity contribution in [3.05, 3.63) is 47.7 Å². The van der Waals surface area contributed by atoms with Crippen molar-refractivity contribution in [2.24, 2.45) is 0 Å². The summed E-state index contributed by atoms with van der Waals surface area (Å²) in [6, 6.07) is 12.0. The number of rotatable bonds is 10. The summed E-state index contributed by atoms with van der Waals surface area (Å²) < 4.78 is 10.8. The number of hydrogen-bond donors (Lipinski definition) is 2. The number of nitrogens with zero attached hydrogens (tertiary/aromatic N) is 2. The molecule has 32 heavy (non-hydrogen) atoms. The van der Waals surface area contributed by atoms with E-state index in [4.69, 9.17) is 9.47 Å². The molecule has 1 heterocycles. The second-order valence-electron chi connectivity index (χ2n) is 8.16. The van der Waals surface area contributed by atoms with Crippen molar-refractivity contribution >= 4 is 28.5 Å². The number of anilines is 3. The van der Waals surface area contributed by atoms with Crippen molar-refractivity contribution in [2.75, 3.05) is 64.0 Å². The first-order valence-corrected chi connectivity index (χ1v) is 10.9. The summed E-state index contributed by atoms with van der Waals surface area (Å²) >= 11 is 0. The number of carbonyl (C=O) groups is 1. The highest BCUT2D eigenvalue weighted by atomic mass is 16.5. The molecule has 0 saturated heterocycles. The lowest BCUT2D eigenvalue weighted by Crippen LogP contribution is -2.23. The van der Waals surface area contributed by atoms with E-state index in [0.29, 0.717) is 23.5 Å². The van der Waals surface area contributed by atoms with Crippen LogP contribution in [-0.2, 0) is 4.79 Å². The molecule has 7 nitrogen and oxygen atoms in total. The van der Waals surface area contributed by atoms with Crippen LogP contribution < -0.4 is 25.0 Å². The van der Waals surface area contributed by atoms with Crippen molar-refractivity contribution in [1.82, 2.24) is 4.90 Å². The van der Waals surface area contributed by atoms with Crippen LogP contribution in [0.4, 0.5) is 17.1 Å². The van der Waals surface area contributed by atoms with Crippen LogP contribution >= 0.6 is 0 Å². The molecule has 172 valence electrons. The summed E-state index contributed by atoms with van der Waals surface area (Å²) in [5.41, 5.74) is 5.15. The molecule has 0 fully saturated rings. The molecule has 0 saturated carbocycles. The van der Waals surface area contributed by atoms with Crippen LogP contribution in [0.2, 0.25) is 0 Å². The molecule has 2 aromatic carbocycles. The fourth-order valence-electron chi connectivity index (χ4n) is 3.85. The summed E-state index contributed by atoms with van der Waals surface area (Å²) in [5, 5.41) is 6.40. The summed E-state index contributed by atoms with van der Waals surface area (Å²) in [4.78, 5) is 17.3. The molecule has 1 aliphatic heterocycles. The number of amides is 1. The van der Waals surface area contributed by atoms with Gasteiger partial charge in [0.25, 0.3) is 5.91 Å². The molecule has 3 rings (SSSR count). The van der Waals surface area contributed by atoms with Crippen LogP contribution in [0.1, 0.15) is 25.3 Å². The van der Waals surface area contributed by atoms with E-state index in [2.05, 4.69) is 65.8 Å². The van der Waals surface area contributed by atoms with Gasteiger partial charge in [-0.3, -0.25) is 4.79 Å². The largest absolute Gasteiger partial charge is 0.493 e. The molecule has 0 radical (unpaired) electrons. The van der Waals surface area contributed by atoms with Crippen LogP contribution in [0.25, 0.3) is 5.57 Å². The summed E-state index contributed by atoms with van der Waals surface area (Å²) in [6.45, 7) is 4.10. The second-order valence-corrected chi connectivity index (χ2v) is 8.16. The summed E-state index contributed by atoms with van der Waals surface area (Å²) in [7, 11) is 9.47. The Morgan fingerprint density at radius 1 is 1.00 bits per heavy atom. The first-order valence-electron chi connectivity index (χ1n) is 10.9. The Kier molecular flexibility index (Phi) is 7.64. The average molecular weight is 439 g/mol. The van der Waals surface area contributed by atoms with Gasteiger partial charge in [-0.2, -0.15) is 0 Å². The molecule has 1 aliphatic rings. The van der Waals surface area contributed by atoms with E-state index < -0.39 is 0 Å². The van der Waals surface area contributed by atoms with E-state index in [1.54, 1.807) is 20.3 Å². The Morgan fingerprint density at radius 2 is 1.66 bits per heavy atom. The number of fused-ring (bicyclic) bond motifs is 1. The van der Waals surface area contributed by atoms with Crippen LogP contribution in [0.3, 0.4) is 0 Å². The van der Waals surface area contributed by atoms with Gasteiger partial charge in [-0.15, -0.1) is 0 Å². The Morgan fingerprint density at radius 3 is 2.25 bits per heavy atom. The normalized spacial score (nSPS) is 14.2. The van der Waals surface area contributed by atoms with E-state index in [0.717, 1.165) is 42.1 Å². The van der Waals surface area contributed by atoms with Crippen LogP contribution in [0.15, 0.2) is 42.1 Å². The number of ether oxygens (including phenoxy) is 2. The van der Waals surface area contributed by atoms with Crippen molar-refractivity contribution in [1.29, 1.82) is 0 Å². The van der Waals surface area contributed by atoms with Gasteiger partial charge < -0.3 is 29.9 Å². The minimum atomic E-state index is -0.128. The zero-order valence-corrected chi connectivity index (χ0v) is 19.9. The SMILES string of the molecule is CC/C(Nc1ccc(N(C)CCCN(C)C)cc1)=C1/C(=O)Nc2cc(OC)c(OC)cc21. The highest BCUT2D eigenvalue weighted by Gasteiger charge is 2.29. The Hall–Kier alpha value is -3.19. The maximum atomic E-state index is 12.8. The van der Waals surface area contributed by atoms with E-state index >= 15 is 0 Å².